The zero-order valence-electron chi connectivity index (χ0n) is 11.7. The van der Waals surface area contributed by atoms with Crippen LogP contribution in [0.1, 0.15) is 19.3 Å². The summed E-state index contributed by atoms with van der Waals surface area (Å²) in [6.07, 6.45) is 2.86. The van der Waals surface area contributed by atoms with E-state index in [0.29, 0.717) is 13.1 Å². The molecule has 0 aromatic heterocycles. The number of carbonyl (C=O) groups is 2. The number of urea groups is 1. The number of nitrogens with zero attached hydrogens (tertiary/aromatic N) is 2. The highest BCUT2D eigenvalue weighted by Crippen LogP contribution is 2.08. The van der Waals surface area contributed by atoms with Gasteiger partial charge in [0.25, 0.3) is 0 Å². The third kappa shape index (κ3) is 4.35. The van der Waals surface area contributed by atoms with Crippen molar-refractivity contribution in [3.05, 3.63) is 0 Å². The number of hydrogen-bond acceptors (Lipinski definition) is 4. The molecule has 2 aliphatic rings. The molecular weight excluding hydrogens is 262 g/mol. The van der Waals surface area contributed by atoms with Crippen molar-refractivity contribution >= 4 is 12.0 Å². The van der Waals surface area contributed by atoms with Gasteiger partial charge in [-0.25, -0.2) is 9.59 Å². The van der Waals surface area contributed by atoms with Crippen LogP contribution in [0.2, 0.25) is 0 Å². The number of rotatable bonds is 4. The highest BCUT2D eigenvalue weighted by Gasteiger charge is 2.28. The molecule has 1 atom stereocenters. The summed E-state index contributed by atoms with van der Waals surface area (Å²) in [6, 6.07) is -0.198. The summed E-state index contributed by atoms with van der Waals surface area (Å²) in [4.78, 5) is 26.7. The van der Waals surface area contributed by atoms with Gasteiger partial charge in [-0.05, 0) is 25.9 Å². The fourth-order valence-electron chi connectivity index (χ4n) is 2.60. The molecule has 20 heavy (non-hydrogen) atoms. The lowest BCUT2D eigenvalue weighted by Crippen LogP contribution is -2.52. The maximum Gasteiger partial charge on any atom is 0.334 e. The number of carbonyl (C=O) groups excluding carboxylic acids is 1. The number of amides is 2. The summed E-state index contributed by atoms with van der Waals surface area (Å²) < 4.78 is 5.09. The van der Waals surface area contributed by atoms with Crippen LogP contribution in [0, 0.1) is 0 Å². The molecule has 7 heteroatoms. The lowest BCUT2D eigenvalue weighted by molar-refractivity contribution is -0.154. The van der Waals surface area contributed by atoms with Gasteiger partial charge in [0.15, 0.2) is 6.10 Å². The summed E-state index contributed by atoms with van der Waals surface area (Å²) >= 11 is 0. The lowest BCUT2D eigenvalue weighted by atomic mass is 10.1. The number of piperidine rings is 1. The molecule has 2 N–H and O–H groups in total. The van der Waals surface area contributed by atoms with Gasteiger partial charge in [0.1, 0.15) is 0 Å². The number of carboxylic acid groups (broad SMARTS) is 1. The zero-order valence-corrected chi connectivity index (χ0v) is 11.7. The van der Waals surface area contributed by atoms with Crippen molar-refractivity contribution in [1.82, 2.24) is 15.1 Å². The Labute approximate surface area is 118 Å². The van der Waals surface area contributed by atoms with Crippen molar-refractivity contribution in [1.29, 1.82) is 0 Å². The first-order valence-corrected chi connectivity index (χ1v) is 7.26. The van der Waals surface area contributed by atoms with Crippen LogP contribution >= 0.6 is 0 Å². The van der Waals surface area contributed by atoms with Crippen LogP contribution in [-0.4, -0.2) is 78.9 Å². The third-order valence-electron chi connectivity index (χ3n) is 3.78. The van der Waals surface area contributed by atoms with Crippen LogP contribution in [0.4, 0.5) is 4.79 Å². The number of carboxylic acids is 1. The quantitative estimate of drug-likeness (QED) is 0.758. The SMILES string of the molecule is O=C(O)C1CN(C(=O)NCCN2CCCCC2)CCO1. The lowest BCUT2D eigenvalue weighted by Gasteiger charge is -2.31. The van der Waals surface area contributed by atoms with E-state index >= 15 is 0 Å². The highest BCUT2D eigenvalue weighted by atomic mass is 16.5. The van der Waals surface area contributed by atoms with E-state index < -0.39 is 12.1 Å². The Balaban J connectivity index is 1.67. The van der Waals surface area contributed by atoms with Crippen LogP contribution in [-0.2, 0) is 9.53 Å². The first-order chi connectivity index (χ1) is 9.66. The van der Waals surface area contributed by atoms with Crippen molar-refractivity contribution in [2.75, 3.05) is 45.9 Å². The Morgan fingerprint density at radius 2 is 1.95 bits per heavy atom. The molecule has 2 aliphatic heterocycles. The molecule has 114 valence electrons. The molecule has 2 rings (SSSR count). The van der Waals surface area contributed by atoms with E-state index in [1.807, 2.05) is 0 Å². The minimum Gasteiger partial charge on any atom is -0.479 e. The smallest absolute Gasteiger partial charge is 0.334 e. The molecule has 0 bridgehead atoms. The molecule has 2 saturated heterocycles. The second kappa shape index (κ2) is 7.44. The summed E-state index contributed by atoms with van der Waals surface area (Å²) in [5, 5.41) is 11.7. The standard InChI is InChI=1S/C13H23N3O4/c17-12(18)11-10-16(8-9-20-11)13(19)14-4-7-15-5-2-1-3-6-15/h11H,1-10H2,(H,14,19)(H,17,18). The van der Waals surface area contributed by atoms with Crippen LogP contribution in [0.3, 0.4) is 0 Å². The van der Waals surface area contributed by atoms with Crippen LogP contribution in [0.5, 0.6) is 0 Å². The number of hydrogen-bond donors (Lipinski definition) is 2. The molecule has 2 fully saturated rings. The molecule has 0 aromatic carbocycles. The number of ether oxygens (including phenoxy) is 1. The predicted molar refractivity (Wildman–Crippen MR) is 72.6 cm³/mol. The largest absolute Gasteiger partial charge is 0.479 e. The van der Waals surface area contributed by atoms with Crippen molar-refractivity contribution in [3.63, 3.8) is 0 Å². The summed E-state index contributed by atoms with van der Waals surface area (Å²) in [5.41, 5.74) is 0. The summed E-state index contributed by atoms with van der Waals surface area (Å²) in [5.74, 6) is -1.02. The van der Waals surface area contributed by atoms with E-state index in [4.69, 9.17) is 9.84 Å². The van der Waals surface area contributed by atoms with Gasteiger partial charge < -0.3 is 25.0 Å². The number of aliphatic carboxylic acids is 1. The minimum absolute atomic E-state index is 0.116. The van der Waals surface area contributed by atoms with Gasteiger partial charge in [-0.2, -0.15) is 0 Å². The zero-order chi connectivity index (χ0) is 14.4. The van der Waals surface area contributed by atoms with Gasteiger partial charge in [-0.3, -0.25) is 0 Å². The molecule has 1 unspecified atom stereocenters. The maximum absolute atomic E-state index is 12.0. The molecule has 0 spiro atoms. The van der Waals surface area contributed by atoms with Gasteiger partial charge in [0.2, 0.25) is 0 Å². The van der Waals surface area contributed by atoms with Crippen LogP contribution < -0.4 is 5.32 Å². The third-order valence-corrected chi connectivity index (χ3v) is 3.78. The maximum atomic E-state index is 12.0. The Hall–Kier alpha value is -1.34. The van der Waals surface area contributed by atoms with Crippen molar-refractivity contribution < 1.29 is 19.4 Å². The topological polar surface area (TPSA) is 82.1 Å². The molecule has 0 radical (unpaired) electrons. The average molecular weight is 285 g/mol. The van der Waals surface area contributed by atoms with Gasteiger partial charge in [-0.1, -0.05) is 6.42 Å². The Bertz CT molecular complexity index is 345. The van der Waals surface area contributed by atoms with E-state index in [9.17, 15) is 9.59 Å². The molecule has 0 aliphatic carbocycles. The predicted octanol–water partition coefficient (Wildman–Crippen LogP) is -0.0327. The van der Waals surface area contributed by atoms with Crippen LogP contribution in [0.25, 0.3) is 0 Å². The molecule has 7 nitrogen and oxygen atoms in total. The fourth-order valence-corrected chi connectivity index (χ4v) is 2.60. The number of morpholine rings is 1. The van der Waals surface area contributed by atoms with E-state index in [1.54, 1.807) is 0 Å². The van der Waals surface area contributed by atoms with Crippen molar-refractivity contribution in [2.24, 2.45) is 0 Å². The Morgan fingerprint density at radius 1 is 1.20 bits per heavy atom. The second-order valence-electron chi connectivity index (χ2n) is 5.28. The van der Waals surface area contributed by atoms with E-state index in [2.05, 4.69) is 10.2 Å². The Kier molecular flexibility index (Phi) is 5.60. The van der Waals surface area contributed by atoms with Gasteiger partial charge in [0.05, 0.1) is 13.2 Å². The minimum atomic E-state index is -1.02. The van der Waals surface area contributed by atoms with Gasteiger partial charge >= 0.3 is 12.0 Å². The van der Waals surface area contributed by atoms with Crippen LogP contribution in [0.15, 0.2) is 0 Å². The molecule has 0 aromatic rings. The molecule has 0 saturated carbocycles. The highest BCUT2D eigenvalue weighted by molar-refractivity contribution is 5.77. The summed E-state index contributed by atoms with van der Waals surface area (Å²) in [6.45, 7) is 4.51. The van der Waals surface area contributed by atoms with Gasteiger partial charge in [-0.15, -0.1) is 0 Å². The van der Waals surface area contributed by atoms with Gasteiger partial charge in [0, 0.05) is 19.6 Å². The normalized spacial score (nSPS) is 24.4. The molecule has 2 heterocycles. The second-order valence-corrected chi connectivity index (χ2v) is 5.28. The van der Waals surface area contributed by atoms with E-state index in [-0.39, 0.29) is 19.2 Å². The number of likely N-dealkylation sites (tertiary alicyclic amines) is 1. The average Bonchev–Trinajstić information content (AvgIpc) is 2.48. The van der Waals surface area contributed by atoms with Crippen molar-refractivity contribution in [3.8, 4) is 0 Å². The first kappa shape index (κ1) is 15.1. The fraction of sp³-hybridized carbons (Fsp3) is 0.846. The van der Waals surface area contributed by atoms with E-state index in [1.165, 1.54) is 24.2 Å². The van der Waals surface area contributed by atoms with Crippen molar-refractivity contribution in [2.45, 2.75) is 25.4 Å². The molecular formula is C13H23N3O4. The Morgan fingerprint density at radius 3 is 2.65 bits per heavy atom. The first-order valence-electron chi connectivity index (χ1n) is 7.26. The van der Waals surface area contributed by atoms with E-state index in [0.717, 1.165) is 19.6 Å². The monoisotopic (exact) mass is 285 g/mol. The molecule has 2 amide bonds. The number of nitrogens with one attached hydrogen (secondary N) is 1. The summed E-state index contributed by atoms with van der Waals surface area (Å²) in [7, 11) is 0.